The molecule has 2 heterocycles. The van der Waals surface area contributed by atoms with Gasteiger partial charge in [0.15, 0.2) is 0 Å². The van der Waals surface area contributed by atoms with E-state index in [4.69, 9.17) is 4.74 Å². The van der Waals surface area contributed by atoms with Gasteiger partial charge in [0, 0.05) is 14.0 Å². The minimum absolute atomic E-state index is 0.343. The van der Waals surface area contributed by atoms with E-state index >= 15 is 0 Å². The summed E-state index contributed by atoms with van der Waals surface area (Å²) in [5.74, 6) is -0.0463. The molecule has 0 fully saturated rings. The summed E-state index contributed by atoms with van der Waals surface area (Å²) in [5.41, 5.74) is 0. The van der Waals surface area contributed by atoms with Crippen LogP contribution in [0.15, 0.2) is 23.4 Å². The molecule has 2 aliphatic rings. The quantitative estimate of drug-likeness (QED) is 0.649. The van der Waals surface area contributed by atoms with Crippen LogP contribution in [0.3, 0.4) is 0 Å². The molecule has 7 heteroatoms. The number of rotatable bonds is 1. The summed E-state index contributed by atoms with van der Waals surface area (Å²) in [7, 11) is -1.91. The summed E-state index contributed by atoms with van der Waals surface area (Å²) in [6, 6.07) is 0. The molecule has 2 aliphatic heterocycles. The third kappa shape index (κ3) is 1.73. The monoisotopic (exact) mass is 261 g/mol. The van der Waals surface area contributed by atoms with Gasteiger partial charge in [0.1, 0.15) is 11.0 Å². The molecule has 0 N–H and O–H groups in total. The lowest BCUT2D eigenvalue weighted by Crippen LogP contribution is -2.42. The van der Waals surface area contributed by atoms with E-state index in [0.29, 0.717) is 5.76 Å². The molecule has 0 aromatic rings. The summed E-state index contributed by atoms with van der Waals surface area (Å²) in [4.78, 5) is 10.9. The number of thioether (sulfide) groups is 1. The molecule has 0 saturated heterocycles. The Hall–Kier alpha value is -0.950. The lowest BCUT2D eigenvalue weighted by atomic mass is 10.2. The van der Waals surface area contributed by atoms with E-state index in [1.165, 1.54) is 31.9 Å². The van der Waals surface area contributed by atoms with Gasteiger partial charge >= 0.3 is 5.97 Å². The highest BCUT2D eigenvalue weighted by molar-refractivity contribution is 8.04. The molecule has 2 rings (SSSR count). The largest absolute Gasteiger partial charge is 0.428 e. The first-order valence-electron chi connectivity index (χ1n) is 4.62. The van der Waals surface area contributed by atoms with E-state index in [1.807, 2.05) is 0 Å². The first kappa shape index (κ1) is 11.5. The van der Waals surface area contributed by atoms with Crippen molar-refractivity contribution in [2.24, 2.45) is 0 Å². The highest BCUT2D eigenvalue weighted by Crippen LogP contribution is 2.39. The summed E-state index contributed by atoms with van der Waals surface area (Å²) in [5, 5.41) is 0.746. The Labute approximate surface area is 98.2 Å². The van der Waals surface area contributed by atoms with Crippen molar-refractivity contribution in [3.05, 3.63) is 23.4 Å². The number of ether oxygens (including phenoxy) is 1. The summed E-state index contributed by atoms with van der Waals surface area (Å²) in [6.07, 6.45) is 2.98. The van der Waals surface area contributed by atoms with Crippen LogP contribution in [0.2, 0.25) is 0 Å². The van der Waals surface area contributed by atoms with Crippen LogP contribution in [0, 0.1) is 0 Å². The number of esters is 1. The maximum atomic E-state index is 11.9. The van der Waals surface area contributed by atoms with Crippen LogP contribution in [0.4, 0.5) is 0 Å². The van der Waals surface area contributed by atoms with Crippen LogP contribution in [0.25, 0.3) is 0 Å². The summed E-state index contributed by atoms with van der Waals surface area (Å²) >= 11 is 1.35. The van der Waals surface area contributed by atoms with Crippen molar-refractivity contribution in [3.63, 3.8) is 0 Å². The molecule has 0 aromatic carbocycles. The van der Waals surface area contributed by atoms with Gasteiger partial charge in [-0.3, -0.25) is 9.10 Å². The predicted molar refractivity (Wildman–Crippen MR) is 60.8 cm³/mol. The smallest absolute Gasteiger partial charge is 0.307 e. The molecule has 0 bridgehead atoms. The van der Waals surface area contributed by atoms with Crippen molar-refractivity contribution in [2.75, 3.05) is 7.05 Å². The zero-order chi connectivity index (χ0) is 11.9. The first-order chi connectivity index (χ1) is 7.43. The van der Waals surface area contributed by atoms with Crippen LogP contribution in [-0.2, 0) is 19.6 Å². The maximum Gasteiger partial charge on any atom is 0.307 e. The van der Waals surface area contributed by atoms with Crippen molar-refractivity contribution >= 4 is 27.8 Å². The van der Waals surface area contributed by atoms with Gasteiger partial charge in [-0.2, -0.15) is 0 Å². The molecule has 88 valence electrons. The van der Waals surface area contributed by atoms with E-state index in [1.54, 1.807) is 11.5 Å². The summed E-state index contributed by atoms with van der Waals surface area (Å²) in [6.45, 7) is 1.30. The number of sulfonamides is 1. The molecule has 0 radical (unpaired) electrons. The van der Waals surface area contributed by atoms with E-state index in [9.17, 15) is 13.2 Å². The number of fused-ring (bicyclic) bond motifs is 1. The SMILES string of the molecule is CC(=O)OC1=CN(C)S(=O)(=O)[C@@H]2C=CS[C@@H]12. The van der Waals surface area contributed by atoms with Gasteiger partial charge in [0.2, 0.25) is 10.0 Å². The number of carbonyl (C=O) groups excluding carboxylic acids is 1. The average Bonchev–Trinajstić information content (AvgIpc) is 2.62. The molecule has 5 nitrogen and oxygen atoms in total. The molecule has 0 amide bonds. The van der Waals surface area contributed by atoms with E-state index in [2.05, 4.69) is 0 Å². The van der Waals surface area contributed by atoms with Gasteiger partial charge in [-0.25, -0.2) is 8.42 Å². The molecular weight excluding hydrogens is 250 g/mol. The third-order valence-corrected chi connectivity index (χ3v) is 5.72. The van der Waals surface area contributed by atoms with Crippen molar-refractivity contribution in [3.8, 4) is 0 Å². The predicted octanol–water partition coefficient (Wildman–Crippen LogP) is 0.664. The molecule has 0 saturated carbocycles. The van der Waals surface area contributed by atoms with Crippen LogP contribution in [-0.4, -0.2) is 36.2 Å². The third-order valence-electron chi connectivity index (χ3n) is 2.39. The van der Waals surface area contributed by atoms with Crippen molar-refractivity contribution in [1.82, 2.24) is 4.31 Å². The van der Waals surface area contributed by atoms with Crippen LogP contribution in [0.1, 0.15) is 6.92 Å². The zero-order valence-corrected chi connectivity index (χ0v) is 10.4. The fourth-order valence-corrected chi connectivity index (χ4v) is 4.63. The van der Waals surface area contributed by atoms with Gasteiger partial charge in [0.05, 0.1) is 11.4 Å². The maximum absolute atomic E-state index is 11.9. The fraction of sp³-hybridized carbons (Fsp3) is 0.444. The topological polar surface area (TPSA) is 63.7 Å². The number of nitrogens with zero attached hydrogens (tertiary/aromatic N) is 1. The minimum atomic E-state index is -3.35. The molecule has 0 unspecified atom stereocenters. The number of hydrogen-bond acceptors (Lipinski definition) is 5. The average molecular weight is 261 g/mol. The van der Waals surface area contributed by atoms with Crippen molar-refractivity contribution in [2.45, 2.75) is 17.4 Å². The van der Waals surface area contributed by atoms with E-state index in [0.717, 1.165) is 4.31 Å². The molecule has 2 atom stereocenters. The Bertz CT molecular complexity index is 480. The van der Waals surface area contributed by atoms with Gasteiger partial charge in [-0.1, -0.05) is 6.08 Å². The standard InChI is InChI=1S/C9H11NO4S2/c1-6(11)14-7-5-10(2)16(12,13)8-3-4-15-9(7)8/h3-5,8-9H,1-2H3/t8-,9+/m1/s1. The van der Waals surface area contributed by atoms with Gasteiger partial charge in [-0.05, 0) is 5.41 Å². The number of hydrogen-bond donors (Lipinski definition) is 0. The highest BCUT2D eigenvalue weighted by Gasteiger charge is 2.44. The lowest BCUT2D eigenvalue weighted by molar-refractivity contribution is -0.137. The molecule has 16 heavy (non-hydrogen) atoms. The Morgan fingerprint density at radius 3 is 2.88 bits per heavy atom. The Morgan fingerprint density at radius 2 is 2.25 bits per heavy atom. The first-order valence-corrected chi connectivity index (χ1v) is 7.06. The highest BCUT2D eigenvalue weighted by atomic mass is 32.2. The molecule has 0 aromatic heterocycles. The summed E-state index contributed by atoms with van der Waals surface area (Å²) < 4.78 is 29.9. The fourth-order valence-electron chi connectivity index (χ4n) is 1.64. The molecular formula is C9H11NO4S2. The van der Waals surface area contributed by atoms with Crippen LogP contribution < -0.4 is 0 Å². The van der Waals surface area contributed by atoms with Crippen molar-refractivity contribution in [1.29, 1.82) is 0 Å². The van der Waals surface area contributed by atoms with Crippen LogP contribution in [0.5, 0.6) is 0 Å². The van der Waals surface area contributed by atoms with Gasteiger partial charge in [0.25, 0.3) is 0 Å². The molecule has 0 aliphatic carbocycles. The van der Waals surface area contributed by atoms with Gasteiger partial charge in [-0.15, -0.1) is 11.8 Å². The van der Waals surface area contributed by atoms with Crippen LogP contribution >= 0.6 is 11.8 Å². The van der Waals surface area contributed by atoms with Crippen molar-refractivity contribution < 1.29 is 17.9 Å². The second kappa shape index (κ2) is 3.81. The van der Waals surface area contributed by atoms with E-state index in [-0.39, 0.29) is 5.25 Å². The normalized spacial score (nSPS) is 30.9. The lowest BCUT2D eigenvalue weighted by Gasteiger charge is -2.30. The number of carbonyl (C=O) groups is 1. The zero-order valence-electron chi connectivity index (χ0n) is 8.78. The Balaban J connectivity index is 2.39. The Kier molecular flexibility index (Phi) is 2.75. The van der Waals surface area contributed by atoms with E-state index < -0.39 is 21.2 Å². The molecule has 0 spiro atoms. The Morgan fingerprint density at radius 1 is 1.56 bits per heavy atom. The minimum Gasteiger partial charge on any atom is -0.428 e. The van der Waals surface area contributed by atoms with Gasteiger partial charge < -0.3 is 4.74 Å². The second-order valence-corrected chi connectivity index (χ2v) is 6.74. The second-order valence-electron chi connectivity index (χ2n) is 3.54.